The van der Waals surface area contributed by atoms with Crippen molar-refractivity contribution >= 4 is 15.9 Å². The first-order valence-corrected chi connectivity index (χ1v) is 8.04. The van der Waals surface area contributed by atoms with Gasteiger partial charge in [-0.2, -0.15) is 4.31 Å². The standard InChI is InChI=1S/C13H19N3O4S/c1-20-12-5-4-10(7-11(12)13(15)17)21(18,19)16-6-2-3-9(14)8-16/h4-5,7,9H,2-3,6,8,14H2,1H3,(H2,15,17)/t9-/m1/s1. The van der Waals surface area contributed by atoms with Crippen molar-refractivity contribution in [2.75, 3.05) is 20.2 Å². The topological polar surface area (TPSA) is 116 Å². The zero-order valence-electron chi connectivity index (χ0n) is 11.8. The van der Waals surface area contributed by atoms with Crippen LogP contribution in [0.4, 0.5) is 0 Å². The van der Waals surface area contributed by atoms with Crippen molar-refractivity contribution in [2.45, 2.75) is 23.8 Å². The lowest BCUT2D eigenvalue weighted by Crippen LogP contribution is -2.45. The molecule has 1 amide bonds. The first kappa shape index (κ1) is 15.7. The summed E-state index contributed by atoms with van der Waals surface area (Å²) < 4.78 is 31.5. The number of methoxy groups -OCH3 is 1. The molecule has 0 bridgehead atoms. The number of piperidine rings is 1. The molecule has 7 nitrogen and oxygen atoms in total. The maximum absolute atomic E-state index is 12.6. The van der Waals surface area contributed by atoms with Crippen molar-refractivity contribution in [3.63, 3.8) is 0 Å². The number of carbonyl (C=O) groups excluding carboxylic acids is 1. The highest BCUT2D eigenvalue weighted by Crippen LogP contribution is 2.25. The number of hydrogen-bond donors (Lipinski definition) is 2. The third-order valence-corrected chi connectivity index (χ3v) is 5.36. The zero-order valence-corrected chi connectivity index (χ0v) is 12.6. The van der Waals surface area contributed by atoms with Gasteiger partial charge in [0.15, 0.2) is 0 Å². The fraction of sp³-hybridized carbons (Fsp3) is 0.462. The average molecular weight is 313 g/mol. The summed E-state index contributed by atoms with van der Waals surface area (Å²) in [6.07, 6.45) is 1.53. The van der Waals surface area contributed by atoms with Crippen molar-refractivity contribution in [2.24, 2.45) is 11.5 Å². The highest BCUT2D eigenvalue weighted by atomic mass is 32.2. The minimum absolute atomic E-state index is 0.0196. The summed E-state index contributed by atoms with van der Waals surface area (Å²) in [7, 11) is -2.30. The van der Waals surface area contributed by atoms with E-state index in [4.69, 9.17) is 16.2 Å². The van der Waals surface area contributed by atoms with E-state index in [2.05, 4.69) is 0 Å². The van der Waals surface area contributed by atoms with Gasteiger partial charge in [0.1, 0.15) is 5.75 Å². The minimum Gasteiger partial charge on any atom is -0.496 e. The highest BCUT2D eigenvalue weighted by molar-refractivity contribution is 7.89. The van der Waals surface area contributed by atoms with Gasteiger partial charge in [-0.15, -0.1) is 0 Å². The van der Waals surface area contributed by atoms with Crippen molar-refractivity contribution in [1.29, 1.82) is 0 Å². The Kier molecular flexibility index (Phi) is 4.50. The van der Waals surface area contributed by atoms with Crippen LogP contribution in [0.5, 0.6) is 5.75 Å². The monoisotopic (exact) mass is 313 g/mol. The second-order valence-corrected chi connectivity index (χ2v) is 6.93. The van der Waals surface area contributed by atoms with Gasteiger partial charge in [0, 0.05) is 19.1 Å². The van der Waals surface area contributed by atoms with Gasteiger partial charge in [-0.1, -0.05) is 0 Å². The number of hydrogen-bond acceptors (Lipinski definition) is 5. The molecule has 1 aliphatic rings. The minimum atomic E-state index is -3.69. The molecule has 1 aliphatic heterocycles. The second kappa shape index (κ2) is 6.00. The highest BCUT2D eigenvalue weighted by Gasteiger charge is 2.29. The predicted molar refractivity (Wildman–Crippen MR) is 77.5 cm³/mol. The van der Waals surface area contributed by atoms with E-state index in [0.717, 1.165) is 12.8 Å². The van der Waals surface area contributed by atoms with Gasteiger partial charge in [0.05, 0.1) is 17.6 Å². The van der Waals surface area contributed by atoms with E-state index >= 15 is 0 Å². The maximum atomic E-state index is 12.6. The van der Waals surface area contributed by atoms with E-state index in [1.807, 2.05) is 0 Å². The van der Waals surface area contributed by atoms with E-state index < -0.39 is 15.9 Å². The number of sulfonamides is 1. The molecule has 1 saturated heterocycles. The van der Waals surface area contributed by atoms with Crippen LogP contribution in [0.25, 0.3) is 0 Å². The van der Waals surface area contributed by atoms with Crippen LogP contribution >= 0.6 is 0 Å². The molecular weight excluding hydrogens is 294 g/mol. The number of amides is 1. The van der Waals surface area contributed by atoms with Crippen LogP contribution in [-0.2, 0) is 10.0 Å². The molecule has 1 fully saturated rings. The quantitative estimate of drug-likeness (QED) is 0.805. The largest absolute Gasteiger partial charge is 0.496 e. The van der Waals surface area contributed by atoms with Crippen LogP contribution in [0.2, 0.25) is 0 Å². The van der Waals surface area contributed by atoms with E-state index in [0.29, 0.717) is 6.54 Å². The lowest BCUT2D eigenvalue weighted by molar-refractivity contribution is 0.0997. The lowest BCUT2D eigenvalue weighted by Gasteiger charge is -2.30. The SMILES string of the molecule is COc1ccc(S(=O)(=O)N2CCC[C@@H](N)C2)cc1C(N)=O. The zero-order chi connectivity index (χ0) is 15.6. The van der Waals surface area contributed by atoms with Crippen molar-refractivity contribution < 1.29 is 17.9 Å². The smallest absolute Gasteiger partial charge is 0.252 e. The van der Waals surface area contributed by atoms with Gasteiger partial charge >= 0.3 is 0 Å². The molecule has 4 N–H and O–H groups in total. The van der Waals surface area contributed by atoms with Crippen LogP contribution in [-0.4, -0.2) is 44.9 Å². The van der Waals surface area contributed by atoms with Crippen LogP contribution in [0, 0.1) is 0 Å². The van der Waals surface area contributed by atoms with Crippen LogP contribution in [0.1, 0.15) is 23.2 Å². The summed E-state index contributed by atoms with van der Waals surface area (Å²) in [6, 6.07) is 3.91. The van der Waals surface area contributed by atoms with Gasteiger partial charge in [0.2, 0.25) is 10.0 Å². The van der Waals surface area contributed by atoms with Crippen LogP contribution in [0.3, 0.4) is 0 Å². The Balaban J connectivity index is 2.40. The molecular formula is C13H19N3O4S. The maximum Gasteiger partial charge on any atom is 0.252 e. The van der Waals surface area contributed by atoms with E-state index in [9.17, 15) is 13.2 Å². The summed E-state index contributed by atoms with van der Waals surface area (Å²) in [5.41, 5.74) is 11.1. The molecule has 8 heteroatoms. The molecule has 21 heavy (non-hydrogen) atoms. The van der Waals surface area contributed by atoms with Crippen molar-refractivity contribution in [1.82, 2.24) is 4.31 Å². The number of primary amides is 1. The third kappa shape index (κ3) is 3.17. The first-order valence-electron chi connectivity index (χ1n) is 6.60. The van der Waals surface area contributed by atoms with Crippen molar-refractivity contribution in [3.05, 3.63) is 23.8 Å². The molecule has 0 aromatic heterocycles. The molecule has 1 atom stereocenters. The fourth-order valence-corrected chi connectivity index (χ4v) is 3.94. The Morgan fingerprint density at radius 2 is 2.14 bits per heavy atom. The number of ether oxygens (including phenoxy) is 1. The third-order valence-electron chi connectivity index (χ3n) is 3.49. The molecule has 0 spiro atoms. The van der Waals surface area contributed by atoms with Gasteiger partial charge in [0.25, 0.3) is 5.91 Å². The van der Waals surface area contributed by atoms with Gasteiger partial charge in [-0.3, -0.25) is 4.79 Å². The molecule has 0 saturated carbocycles. The van der Waals surface area contributed by atoms with Crippen LogP contribution in [0.15, 0.2) is 23.1 Å². The van der Waals surface area contributed by atoms with E-state index in [1.54, 1.807) is 0 Å². The normalized spacial score (nSPS) is 20.2. The van der Waals surface area contributed by atoms with Gasteiger partial charge in [-0.25, -0.2) is 8.42 Å². The Morgan fingerprint density at radius 3 is 2.71 bits per heavy atom. The van der Waals surface area contributed by atoms with Gasteiger partial charge < -0.3 is 16.2 Å². The summed E-state index contributed by atoms with van der Waals surface area (Å²) >= 11 is 0. The molecule has 1 heterocycles. The summed E-state index contributed by atoms with van der Waals surface area (Å²) in [5.74, 6) is -0.490. The number of nitrogens with zero attached hydrogens (tertiary/aromatic N) is 1. The number of benzene rings is 1. The summed E-state index contributed by atoms with van der Waals surface area (Å²) in [4.78, 5) is 11.4. The summed E-state index contributed by atoms with van der Waals surface area (Å²) in [5, 5.41) is 0. The average Bonchev–Trinajstić information content (AvgIpc) is 2.46. The fourth-order valence-electron chi connectivity index (χ4n) is 2.38. The number of carbonyl (C=O) groups is 1. The molecule has 1 aromatic carbocycles. The van der Waals surface area contributed by atoms with Crippen molar-refractivity contribution in [3.8, 4) is 5.75 Å². The van der Waals surface area contributed by atoms with E-state index in [1.165, 1.54) is 29.6 Å². The Bertz CT molecular complexity index is 645. The molecule has 116 valence electrons. The molecule has 0 unspecified atom stereocenters. The first-order chi connectivity index (χ1) is 9.86. The molecule has 0 radical (unpaired) electrons. The Hall–Kier alpha value is -1.64. The molecule has 2 rings (SSSR count). The number of rotatable bonds is 4. The van der Waals surface area contributed by atoms with Gasteiger partial charge in [-0.05, 0) is 31.0 Å². The summed E-state index contributed by atoms with van der Waals surface area (Å²) in [6.45, 7) is 0.703. The Labute approximate surface area is 123 Å². The van der Waals surface area contributed by atoms with Crippen LogP contribution < -0.4 is 16.2 Å². The molecule has 0 aliphatic carbocycles. The Morgan fingerprint density at radius 1 is 1.43 bits per heavy atom. The molecule has 1 aromatic rings. The van der Waals surface area contributed by atoms with E-state index in [-0.39, 0.29) is 28.8 Å². The predicted octanol–water partition coefficient (Wildman–Crippen LogP) is -0.0941. The lowest BCUT2D eigenvalue weighted by atomic mass is 10.1. The second-order valence-electron chi connectivity index (χ2n) is 4.99. The number of nitrogens with two attached hydrogens (primary N) is 2.